The Labute approximate surface area is 119 Å². The van der Waals surface area contributed by atoms with Crippen LogP contribution in [0.3, 0.4) is 0 Å². The van der Waals surface area contributed by atoms with Crippen molar-refractivity contribution < 1.29 is 4.39 Å². The monoisotopic (exact) mass is 284 g/mol. The van der Waals surface area contributed by atoms with Crippen LogP contribution in [-0.2, 0) is 5.41 Å². The number of halogens is 2. The predicted molar refractivity (Wildman–Crippen MR) is 79.6 cm³/mol. The first-order chi connectivity index (χ1) is 9.14. The number of rotatable bonds is 0. The van der Waals surface area contributed by atoms with Crippen LogP contribution in [-0.4, -0.2) is 19.6 Å². The summed E-state index contributed by atoms with van der Waals surface area (Å²) in [6, 6.07) is 3.51. The van der Waals surface area contributed by atoms with Crippen molar-refractivity contribution in [3.05, 3.63) is 28.5 Å². The van der Waals surface area contributed by atoms with Crippen molar-refractivity contribution in [2.24, 2.45) is 0 Å². The number of piperidine rings is 1. The normalized spacial score (nSPS) is 19.4. The molecule has 2 aliphatic rings. The second-order valence-corrected chi connectivity index (χ2v) is 5.78. The van der Waals surface area contributed by atoms with Crippen molar-refractivity contribution in [1.29, 1.82) is 0 Å². The molecule has 1 aromatic carbocycles. The molecule has 0 bridgehead atoms. The van der Waals surface area contributed by atoms with Gasteiger partial charge in [0.15, 0.2) is 0 Å². The molecule has 0 saturated carbocycles. The van der Waals surface area contributed by atoms with E-state index >= 15 is 0 Å². The van der Waals surface area contributed by atoms with Gasteiger partial charge in [-0.15, -0.1) is 0 Å². The first kappa shape index (κ1) is 14.6. The first-order valence-corrected chi connectivity index (χ1v) is 7.45. The summed E-state index contributed by atoms with van der Waals surface area (Å²) in [5.74, 6) is -0.230. The van der Waals surface area contributed by atoms with E-state index in [9.17, 15) is 4.39 Å². The Kier molecular flexibility index (Phi) is 4.69. The molecule has 1 spiro atoms. The Morgan fingerprint density at radius 1 is 1.26 bits per heavy atom. The topological polar surface area (TPSA) is 24.1 Å². The van der Waals surface area contributed by atoms with Crippen LogP contribution in [0.15, 0.2) is 12.1 Å². The molecular formula is C15H22ClFN2. The van der Waals surface area contributed by atoms with E-state index in [-0.39, 0.29) is 16.3 Å². The third-order valence-corrected chi connectivity index (χ3v) is 4.09. The zero-order valence-electron chi connectivity index (χ0n) is 11.7. The molecular weight excluding hydrogens is 263 g/mol. The fourth-order valence-electron chi connectivity index (χ4n) is 2.90. The Hall–Kier alpha value is -0.800. The number of fused-ring (bicyclic) bond motifs is 2. The van der Waals surface area contributed by atoms with Crippen LogP contribution < -0.4 is 10.6 Å². The largest absolute Gasteiger partial charge is 0.384 e. The summed E-state index contributed by atoms with van der Waals surface area (Å²) in [6.45, 7) is 6.99. The summed E-state index contributed by atoms with van der Waals surface area (Å²) in [5, 5.41) is 6.86. The Morgan fingerprint density at radius 2 is 1.89 bits per heavy atom. The number of nitrogens with one attached hydrogen (secondary N) is 2. The van der Waals surface area contributed by atoms with E-state index in [2.05, 4.69) is 24.5 Å². The van der Waals surface area contributed by atoms with Gasteiger partial charge in [-0.2, -0.15) is 0 Å². The summed E-state index contributed by atoms with van der Waals surface area (Å²) >= 11 is 5.88. The van der Waals surface area contributed by atoms with Crippen molar-refractivity contribution in [2.75, 3.05) is 25.0 Å². The molecule has 19 heavy (non-hydrogen) atoms. The van der Waals surface area contributed by atoms with Gasteiger partial charge in [-0.3, -0.25) is 0 Å². The van der Waals surface area contributed by atoms with Crippen LogP contribution in [0.2, 0.25) is 5.02 Å². The first-order valence-electron chi connectivity index (χ1n) is 7.07. The van der Waals surface area contributed by atoms with Crippen molar-refractivity contribution >= 4 is 17.3 Å². The SMILES string of the molecule is CCC.Fc1c(Cl)ccc2c1C1(CCNCC1)CN2. The molecule has 1 aromatic rings. The molecule has 0 atom stereocenters. The van der Waals surface area contributed by atoms with E-state index in [0.717, 1.165) is 43.7 Å². The van der Waals surface area contributed by atoms with Gasteiger partial charge in [0.2, 0.25) is 0 Å². The maximum atomic E-state index is 14.1. The average Bonchev–Trinajstić information content (AvgIpc) is 2.75. The van der Waals surface area contributed by atoms with E-state index in [0.29, 0.717) is 0 Å². The van der Waals surface area contributed by atoms with Crippen molar-refractivity contribution in [2.45, 2.75) is 38.5 Å². The van der Waals surface area contributed by atoms with E-state index < -0.39 is 0 Å². The summed E-state index contributed by atoms with van der Waals surface area (Å²) in [5.41, 5.74) is 1.68. The van der Waals surface area contributed by atoms with Crippen molar-refractivity contribution in [1.82, 2.24) is 5.32 Å². The highest BCUT2D eigenvalue weighted by molar-refractivity contribution is 6.31. The summed E-state index contributed by atoms with van der Waals surface area (Å²) < 4.78 is 14.1. The molecule has 2 N–H and O–H groups in total. The lowest BCUT2D eigenvalue weighted by Gasteiger charge is -2.34. The Balaban J connectivity index is 0.000000408. The van der Waals surface area contributed by atoms with Gasteiger partial charge in [0, 0.05) is 23.2 Å². The highest BCUT2D eigenvalue weighted by Gasteiger charge is 2.42. The lowest BCUT2D eigenvalue weighted by molar-refractivity contribution is 0.325. The van der Waals surface area contributed by atoms with Crippen LogP contribution in [0.25, 0.3) is 0 Å². The van der Waals surface area contributed by atoms with Gasteiger partial charge in [-0.1, -0.05) is 31.9 Å². The molecule has 4 heteroatoms. The number of hydrogen-bond acceptors (Lipinski definition) is 2. The highest BCUT2D eigenvalue weighted by Crippen LogP contribution is 2.45. The Morgan fingerprint density at radius 3 is 2.53 bits per heavy atom. The van der Waals surface area contributed by atoms with Gasteiger partial charge in [-0.05, 0) is 38.1 Å². The molecule has 0 amide bonds. The molecule has 106 valence electrons. The fraction of sp³-hybridized carbons (Fsp3) is 0.600. The predicted octanol–water partition coefficient (Wildman–Crippen LogP) is 3.94. The van der Waals surface area contributed by atoms with Crippen LogP contribution >= 0.6 is 11.6 Å². The number of hydrogen-bond donors (Lipinski definition) is 2. The summed E-state index contributed by atoms with van der Waals surface area (Å²) in [7, 11) is 0. The molecule has 1 saturated heterocycles. The van der Waals surface area contributed by atoms with Gasteiger partial charge in [0.1, 0.15) is 5.82 Å². The third kappa shape index (κ3) is 2.72. The number of benzene rings is 1. The molecule has 0 aromatic heterocycles. The second-order valence-electron chi connectivity index (χ2n) is 5.37. The maximum absolute atomic E-state index is 14.1. The minimum Gasteiger partial charge on any atom is -0.384 e. The molecule has 2 heterocycles. The van der Waals surface area contributed by atoms with E-state index in [1.54, 1.807) is 6.07 Å². The maximum Gasteiger partial charge on any atom is 0.147 e. The molecule has 3 rings (SSSR count). The van der Waals surface area contributed by atoms with Crippen LogP contribution in [0.4, 0.5) is 10.1 Å². The Bertz CT molecular complexity index is 437. The van der Waals surface area contributed by atoms with Crippen LogP contribution in [0, 0.1) is 5.82 Å². The summed E-state index contributed by atoms with van der Waals surface area (Å²) in [4.78, 5) is 0. The number of anilines is 1. The quantitative estimate of drug-likeness (QED) is 0.754. The molecule has 2 nitrogen and oxygen atoms in total. The minimum absolute atomic E-state index is 0.0461. The minimum atomic E-state index is -0.230. The molecule has 1 fully saturated rings. The molecule has 0 unspecified atom stereocenters. The van der Waals surface area contributed by atoms with E-state index in [1.165, 1.54) is 6.42 Å². The van der Waals surface area contributed by atoms with Crippen LogP contribution in [0.5, 0.6) is 0 Å². The zero-order chi connectivity index (χ0) is 13.9. The van der Waals surface area contributed by atoms with Gasteiger partial charge in [0.05, 0.1) is 5.02 Å². The van der Waals surface area contributed by atoms with E-state index in [4.69, 9.17) is 11.6 Å². The van der Waals surface area contributed by atoms with Gasteiger partial charge in [-0.25, -0.2) is 4.39 Å². The second kappa shape index (κ2) is 6.10. The average molecular weight is 285 g/mol. The van der Waals surface area contributed by atoms with Gasteiger partial charge >= 0.3 is 0 Å². The summed E-state index contributed by atoms with van der Waals surface area (Å²) in [6.07, 6.45) is 3.20. The van der Waals surface area contributed by atoms with Crippen molar-refractivity contribution in [3.8, 4) is 0 Å². The van der Waals surface area contributed by atoms with Crippen molar-refractivity contribution in [3.63, 3.8) is 0 Å². The lowest BCUT2D eigenvalue weighted by Crippen LogP contribution is -2.41. The zero-order valence-corrected chi connectivity index (χ0v) is 12.4. The van der Waals surface area contributed by atoms with Gasteiger partial charge in [0.25, 0.3) is 0 Å². The molecule has 0 radical (unpaired) electrons. The van der Waals surface area contributed by atoms with E-state index in [1.807, 2.05) is 6.07 Å². The van der Waals surface area contributed by atoms with Gasteiger partial charge < -0.3 is 10.6 Å². The lowest BCUT2D eigenvalue weighted by atomic mass is 9.74. The highest BCUT2D eigenvalue weighted by atomic mass is 35.5. The smallest absolute Gasteiger partial charge is 0.147 e. The van der Waals surface area contributed by atoms with Crippen LogP contribution in [0.1, 0.15) is 38.7 Å². The third-order valence-electron chi connectivity index (χ3n) is 3.80. The molecule has 0 aliphatic carbocycles. The fourth-order valence-corrected chi connectivity index (χ4v) is 3.06. The standard InChI is InChI=1S/C12H14ClFN2.C3H8/c13-8-1-2-9-10(11(8)14)12(7-16-9)3-5-15-6-4-12;1-3-2/h1-2,15-16H,3-7H2;3H2,1-2H3. The molecule has 2 aliphatic heterocycles.